The van der Waals surface area contributed by atoms with Crippen LogP contribution in [-0.2, 0) is 16.0 Å². The van der Waals surface area contributed by atoms with Crippen LogP contribution in [0.5, 0.6) is 0 Å². The number of nitro groups is 1. The lowest BCUT2D eigenvalue weighted by Crippen LogP contribution is -2.47. The second-order valence-corrected chi connectivity index (χ2v) is 7.77. The summed E-state index contributed by atoms with van der Waals surface area (Å²) in [5.74, 6) is -1.71. The third kappa shape index (κ3) is 4.98. The highest BCUT2D eigenvalue weighted by molar-refractivity contribution is 6.22. The number of carbonyl (C=O) groups excluding carboxylic acids is 3. The number of hydrogen-bond donors (Lipinski definition) is 0. The van der Waals surface area contributed by atoms with Gasteiger partial charge in [0.2, 0.25) is 0 Å². The Morgan fingerprint density at radius 3 is 2.29 bits per heavy atom. The molecule has 9 nitrogen and oxygen atoms in total. The van der Waals surface area contributed by atoms with Crippen molar-refractivity contribution < 1.29 is 24.0 Å². The predicted octanol–water partition coefficient (Wildman–Crippen LogP) is 4.12. The smallest absolute Gasteiger partial charge is 0.329 e. The first kappa shape index (κ1) is 23.5. The van der Waals surface area contributed by atoms with Gasteiger partial charge in [-0.2, -0.15) is 0 Å². The largest absolute Gasteiger partial charge is 0.464 e. The van der Waals surface area contributed by atoms with E-state index in [1.54, 1.807) is 67.6 Å². The lowest BCUT2D eigenvalue weighted by atomic mass is 10.0. The fraction of sp³-hybridized carbons (Fsp3) is 0.154. The first-order valence-electron chi connectivity index (χ1n) is 10.9. The number of ether oxygens (including phenoxy) is 1. The van der Waals surface area contributed by atoms with E-state index >= 15 is 0 Å². The van der Waals surface area contributed by atoms with Crippen LogP contribution in [0.25, 0.3) is 0 Å². The number of fused-ring (bicyclic) bond motifs is 1. The van der Waals surface area contributed by atoms with E-state index in [1.807, 2.05) is 0 Å². The highest BCUT2D eigenvalue weighted by Gasteiger charge is 2.43. The summed E-state index contributed by atoms with van der Waals surface area (Å²) in [4.78, 5) is 54.3. The Balaban J connectivity index is 1.53. The van der Waals surface area contributed by atoms with E-state index in [4.69, 9.17) is 4.74 Å². The van der Waals surface area contributed by atoms with Crippen molar-refractivity contribution in [3.05, 3.63) is 105 Å². The number of amides is 2. The summed E-state index contributed by atoms with van der Waals surface area (Å²) in [5.41, 5.74) is 2.37. The zero-order valence-electron chi connectivity index (χ0n) is 18.8. The molecule has 176 valence electrons. The molecule has 0 unspecified atom stereocenters. The van der Waals surface area contributed by atoms with Gasteiger partial charge in [0.1, 0.15) is 6.04 Å². The van der Waals surface area contributed by atoms with Gasteiger partial charge in [-0.25, -0.2) is 4.79 Å². The Kier molecular flexibility index (Phi) is 6.77. The minimum atomic E-state index is -1.11. The van der Waals surface area contributed by atoms with Crippen LogP contribution in [0.1, 0.15) is 38.8 Å². The van der Waals surface area contributed by atoms with Crippen LogP contribution in [0.2, 0.25) is 0 Å². The number of carbonyl (C=O) groups is 3. The van der Waals surface area contributed by atoms with Gasteiger partial charge in [-0.05, 0) is 42.3 Å². The lowest BCUT2D eigenvalue weighted by Gasteiger charge is -2.24. The van der Waals surface area contributed by atoms with Gasteiger partial charge in [-0.3, -0.25) is 29.6 Å². The monoisotopic (exact) mass is 471 g/mol. The Morgan fingerprint density at radius 2 is 1.69 bits per heavy atom. The number of nitro benzene ring substituents is 1. The van der Waals surface area contributed by atoms with Crippen LogP contribution in [0.3, 0.4) is 0 Å². The maximum Gasteiger partial charge on any atom is 0.329 e. The number of nitrogens with zero attached hydrogens (tertiary/aromatic N) is 3. The highest BCUT2D eigenvalue weighted by atomic mass is 16.6. The molecule has 0 saturated heterocycles. The van der Waals surface area contributed by atoms with Crippen LogP contribution in [-0.4, -0.2) is 46.5 Å². The van der Waals surface area contributed by atoms with Crippen molar-refractivity contribution in [2.75, 3.05) is 6.61 Å². The average Bonchev–Trinajstić information content (AvgIpc) is 3.12. The SMILES string of the molecule is CCOC(=O)[C@H](Cc1ccc(N=Cc2cccc([N+](=O)[O-])c2)cc1)N1C(=O)c2ccccc2C1=O. The van der Waals surface area contributed by atoms with Gasteiger partial charge >= 0.3 is 5.97 Å². The van der Waals surface area contributed by atoms with Crippen LogP contribution in [0, 0.1) is 10.1 Å². The number of non-ortho nitro benzene ring substituents is 1. The third-order valence-electron chi connectivity index (χ3n) is 5.50. The quantitative estimate of drug-likeness (QED) is 0.160. The van der Waals surface area contributed by atoms with Crippen molar-refractivity contribution in [1.29, 1.82) is 0 Å². The molecule has 4 rings (SSSR count). The summed E-state index contributed by atoms with van der Waals surface area (Å²) in [6, 6.07) is 18.4. The molecule has 0 radical (unpaired) electrons. The normalized spacial score (nSPS) is 13.7. The molecule has 0 fully saturated rings. The van der Waals surface area contributed by atoms with Crippen molar-refractivity contribution in [1.82, 2.24) is 4.90 Å². The minimum absolute atomic E-state index is 0.0255. The molecule has 0 aliphatic carbocycles. The maximum atomic E-state index is 12.9. The first-order valence-corrected chi connectivity index (χ1v) is 10.9. The van der Waals surface area contributed by atoms with Gasteiger partial charge in [-0.15, -0.1) is 0 Å². The fourth-order valence-corrected chi connectivity index (χ4v) is 3.82. The van der Waals surface area contributed by atoms with Crippen molar-refractivity contribution in [2.24, 2.45) is 4.99 Å². The van der Waals surface area contributed by atoms with Gasteiger partial charge in [-0.1, -0.05) is 36.4 Å². The molecule has 9 heteroatoms. The zero-order chi connectivity index (χ0) is 24.9. The lowest BCUT2D eigenvalue weighted by molar-refractivity contribution is -0.384. The van der Waals surface area contributed by atoms with Gasteiger partial charge in [0.05, 0.1) is 28.3 Å². The predicted molar refractivity (Wildman–Crippen MR) is 128 cm³/mol. The van der Waals surface area contributed by atoms with Gasteiger partial charge in [0.25, 0.3) is 17.5 Å². The number of rotatable bonds is 8. The molecule has 1 aliphatic heterocycles. The number of hydrogen-bond acceptors (Lipinski definition) is 7. The van der Waals surface area contributed by atoms with Crippen molar-refractivity contribution in [3.63, 3.8) is 0 Å². The summed E-state index contributed by atoms with van der Waals surface area (Å²) >= 11 is 0. The van der Waals surface area contributed by atoms with Gasteiger partial charge in [0, 0.05) is 24.8 Å². The Morgan fingerprint density at radius 1 is 1.03 bits per heavy atom. The van der Waals surface area contributed by atoms with E-state index in [1.165, 1.54) is 18.3 Å². The van der Waals surface area contributed by atoms with E-state index in [-0.39, 0.29) is 29.8 Å². The first-order chi connectivity index (χ1) is 16.9. The maximum absolute atomic E-state index is 12.9. The molecule has 0 aromatic heterocycles. The summed E-state index contributed by atoms with van der Waals surface area (Å²) < 4.78 is 5.17. The number of imide groups is 1. The molecule has 0 bridgehead atoms. The Hall–Kier alpha value is -4.66. The topological polar surface area (TPSA) is 119 Å². The summed E-state index contributed by atoms with van der Waals surface area (Å²) in [5, 5.41) is 10.9. The van der Waals surface area contributed by atoms with Crippen LogP contribution in [0.4, 0.5) is 11.4 Å². The van der Waals surface area contributed by atoms with E-state index in [2.05, 4.69) is 4.99 Å². The number of esters is 1. The van der Waals surface area contributed by atoms with Crippen LogP contribution in [0.15, 0.2) is 77.8 Å². The van der Waals surface area contributed by atoms with E-state index in [9.17, 15) is 24.5 Å². The molecule has 3 aromatic rings. The highest BCUT2D eigenvalue weighted by Crippen LogP contribution is 2.27. The molecule has 1 atom stereocenters. The van der Waals surface area contributed by atoms with E-state index < -0.39 is 28.7 Å². The van der Waals surface area contributed by atoms with Crippen LogP contribution >= 0.6 is 0 Å². The minimum Gasteiger partial charge on any atom is -0.464 e. The van der Waals surface area contributed by atoms with Crippen molar-refractivity contribution in [2.45, 2.75) is 19.4 Å². The second kappa shape index (κ2) is 10.1. The zero-order valence-corrected chi connectivity index (χ0v) is 18.8. The van der Waals surface area contributed by atoms with E-state index in [0.717, 1.165) is 4.90 Å². The Bertz CT molecular complexity index is 1300. The summed E-state index contributed by atoms with van der Waals surface area (Å²) in [6.07, 6.45) is 1.60. The van der Waals surface area contributed by atoms with E-state index in [0.29, 0.717) is 16.8 Å². The Labute approximate surface area is 200 Å². The summed E-state index contributed by atoms with van der Waals surface area (Å²) in [7, 11) is 0. The van der Waals surface area contributed by atoms with Crippen molar-refractivity contribution >= 4 is 35.4 Å². The number of aliphatic imine (C=N–C) groups is 1. The molecule has 2 amide bonds. The standard InChI is InChI=1S/C26H21N3O6/c1-2-35-26(32)23(28-24(30)21-8-3-4-9-22(21)25(28)31)15-17-10-12-19(13-11-17)27-16-18-6-5-7-20(14-18)29(33)34/h3-14,16,23H,2,15H2,1H3/t23-/m0/s1. The average molecular weight is 471 g/mol. The molecule has 1 aliphatic rings. The van der Waals surface area contributed by atoms with Gasteiger partial charge in [0.15, 0.2) is 0 Å². The molecule has 0 spiro atoms. The van der Waals surface area contributed by atoms with Crippen LogP contribution < -0.4 is 0 Å². The van der Waals surface area contributed by atoms with Gasteiger partial charge < -0.3 is 4.74 Å². The summed E-state index contributed by atoms with van der Waals surface area (Å²) in [6.45, 7) is 1.77. The fourth-order valence-electron chi connectivity index (χ4n) is 3.82. The third-order valence-corrected chi connectivity index (χ3v) is 5.50. The second-order valence-electron chi connectivity index (χ2n) is 7.77. The molecular formula is C26H21N3O6. The molecule has 1 heterocycles. The molecule has 0 N–H and O–H groups in total. The molecule has 3 aromatic carbocycles. The molecular weight excluding hydrogens is 450 g/mol. The number of benzene rings is 3. The molecule has 0 saturated carbocycles. The molecule has 35 heavy (non-hydrogen) atoms. The van der Waals surface area contributed by atoms with Crippen molar-refractivity contribution in [3.8, 4) is 0 Å².